The molecule has 0 heterocycles. The summed E-state index contributed by atoms with van der Waals surface area (Å²) in [5, 5.41) is 14.0. The van der Waals surface area contributed by atoms with Gasteiger partial charge < -0.3 is 59.9 Å². The van der Waals surface area contributed by atoms with Crippen LogP contribution >= 0.6 is 0 Å². The monoisotopic (exact) mass is 852 g/mol. The molecule has 20 heteroatoms. The van der Waals surface area contributed by atoms with Crippen molar-refractivity contribution in [2.45, 2.75) is 123 Å². The maximum Gasteiger partial charge on any atom is 0.323 e. The molecule has 0 aromatic heterocycles. The van der Waals surface area contributed by atoms with Gasteiger partial charge in [-0.05, 0) is 82.7 Å². The van der Waals surface area contributed by atoms with Crippen LogP contribution in [0.1, 0.15) is 92.4 Å². The first-order valence-electron chi connectivity index (χ1n) is 18.7. The highest BCUT2D eigenvalue weighted by Crippen LogP contribution is 2.04. The minimum atomic E-state index is -0.502. The Morgan fingerprint density at radius 1 is 0.373 bits per heavy atom. The van der Waals surface area contributed by atoms with E-state index in [2.05, 4.69) is 50.3 Å². The molecule has 0 aromatic carbocycles. The van der Waals surface area contributed by atoms with Gasteiger partial charge in [0.05, 0.1) is 60.9 Å². The van der Waals surface area contributed by atoms with E-state index in [0.717, 1.165) is 0 Å². The Balaban J connectivity index is -0.000000206. The summed E-state index contributed by atoms with van der Waals surface area (Å²) in [5.74, 6) is -1.44. The number of ketones is 5. The summed E-state index contributed by atoms with van der Waals surface area (Å²) < 4.78 is 22.4. The van der Waals surface area contributed by atoms with E-state index in [4.69, 9.17) is 0 Å². The Labute approximate surface area is 350 Å². The van der Waals surface area contributed by atoms with E-state index in [1.165, 1.54) is 63.2 Å². The van der Waals surface area contributed by atoms with Gasteiger partial charge in [0.2, 0.25) is 0 Å². The number of hydrogen-bond donors (Lipinski definition) is 5. The fraction of sp³-hybridized carbons (Fsp3) is 0.744. The third-order valence-corrected chi connectivity index (χ3v) is 7.86. The van der Waals surface area contributed by atoms with Gasteiger partial charge in [-0.2, -0.15) is 0 Å². The van der Waals surface area contributed by atoms with Crippen LogP contribution in [0.3, 0.4) is 0 Å². The van der Waals surface area contributed by atoms with E-state index < -0.39 is 18.1 Å². The van der Waals surface area contributed by atoms with Crippen molar-refractivity contribution in [3.63, 3.8) is 0 Å². The Kier molecular flexibility index (Phi) is 44.9. The van der Waals surface area contributed by atoms with Crippen molar-refractivity contribution in [1.29, 1.82) is 0 Å². The third-order valence-electron chi connectivity index (χ3n) is 7.86. The molecule has 344 valence electrons. The Bertz CT molecular complexity index is 1260. The van der Waals surface area contributed by atoms with Crippen LogP contribution in [0.2, 0.25) is 0 Å². The molecule has 5 N–H and O–H groups in total. The predicted molar refractivity (Wildman–Crippen MR) is 219 cm³/mol. The van der Waals surface area contributed by atoms with E-state index in [1.54, 1.807) is 42.2 Å². The van der Waals surface area contributed by atoms with Crippen molar-refractivity contribution in [3.8, 4) is 0 Å². The Morgan fingerprint density at radius 2 is 0.729 bits per heavy atom. The largest absolute Gasteiger partial charge is 0.469 e. The molecule has 20 nitrogen and oxygen atoms in total. The van der Waals surface area contributed by atoms with Crippen LogP contribution < -0.4 is 26.6 Å². The minimum Gasteiger partial charge on any atom is -0.469 e. The third kappa shape index (κ3) is 42.9. The summed E-state index contributed by atoms with van der Waals surface area (Å²) in [7, 11) is 15.0. The smallest absolute Gasteiger partial charge is 0.323 e. The first kappa shape index (κ1) is 63.7. The van der Waals surface area contributed by atoms with Gasteiger partial charge in [-0.1, -0.05) is 0 Å². The summed E-state index contributed by atoms with van der Waals surface area (Å²) >= 11 is 0. The molecule has 0 bridgehead atoms. The van der Waals surface area contributed by atoms with Crippen molar-refractivity contribution in [3.05, 3.63) is 0 Å². The molecule has 0 spiro atoms. The molecular formula is C39H73N5O15. The highest BCUT2D eigenvalue weighted by Gasteiger charge is 2.19. The molecule has 0 fully saturated rings. The summed E-state index contributed by atoms with van der Waals surface area (Å²) in [5.41, 5.74) is 0. The molecule has 5 unspecified atom stereocenters. The average Bonchev–Trinajstić information content (AvgIpc) is 3.19. The second-order valence-corrected chi connectivity index (χ2v) is 12.8. The van der Waals surface area contributed by atoms with Gasteiger partial charge in [0.15, 0.2) is 0 Å². The first-order chi connectivity index (χ1) is 27.5. The van der Waals surface area contributed by atoms with Gasteiger partial charge in [-0.15, -0.1) is 0 Å². The molecule has 59 heavy (non-hydrogen) atoms. The molecule has 0 aliphatic heterocycles. The lowest BCUT2D eigenvalue weighted by molar-refractivity contribution is -0.144. The SMILES string of the molecule is CNC(CC(=O)OC)C(C)=O.CNC(CC(C)=O)C(=O)OC.CNC(CC(C)=O)CC(=O)OC.CNC(CCC(C)=O)C(=O)OC.CNC(CCC(C)=O)CC(=O)OC. The molecule has 0 aliphatic rings. The highest BCUT2D eigenvalue weighted by molar-refractivity contribution is 5.86. The molecule has 0 aromatic rings. The lowest BCUT2D eigenvalue weighted by Gasteiger charge is -2.13. The highest BCUT2D eigenvalue weighted by atomic mass is 16.5. The number of carbonyl (C=O) groups is 10. The maximum atomic E-state index is 11.0. The number of ether oxygens (including phenoxy) is 5. The molecule has 0 aliphatic carbocycles. The number of carbonyl (C=O) groups excluding carboxylic acids is 10. The predicted octanol–water partition coefficient (Wildman–Crippen LogP) is 0.193. The quantitative estimate of drug-likeness (QED) is 0.0640. The van der Waals surface area contributed by atoms with Crippen molar-refractivity contribution in [2.75, 3.05) is 70.8 Å². The number of esters is 5. The summed E-state index contributed by atoms with van der Waals surface area (Å²) in [4.78, 5) is 107. The molecule has 5 atom stereocenters. The summed E-state index contributed by atoms with van der Waals surface area (Å²) in [6, 6.07) is -1.34. The van der Waals surface area contributed by atoms with E-state index in [-0.39, 0.29) is 90.2 Å². The normalized spacial score (nSPS) is 12.3. The molecular weight excluding hydrogens is 778 g/mol. The van der Waals surface area contributed by atoms with Crippen LogP contribution in [-0.4, -0.2) is 160 Å². The topological polar surface area (TPSA) is 277 Å². The van der Waals surface area contributed by atoms with E-state index in [1.807, 2.05) is 0 Å². The Morgan fingerprint density at radius 3 is 1.03 bits per heavy atom. The van der Waals surface area contributed by atoms with E-state index in [0.29, 0.717) is 38.5 Å². The lowest BCUT2D eigenvalue weighted by Crippen LogP contribution is -2.36. The van der Waals surface area contributed by atoms with E-state index >= 15 is 0 Å². The van der Waals surface area contributed by atoms with Crippen LogP contribution in [0, 0.1) is 0 Å². The van der Waals surface area contributed by atoms with Crippen LogP contribution in [-0.2, 0) is 71.6 Å². The number of hydrogen-bond acceptors (Lipinski definition) is 20. The number of likely N-dealkylation sites (N-methyl/N-ethyl adjacent to an activating group) is 3. The van der Waals surface area contributed by atoms with E-state index in [9.17, 15) is 47.9 Å². The molecule has 0 amide bonds. The zero-order valence-electron chi connectivity index (χ0n) is 37.9. The Hall–Kier alpha value is -4.50. The van der Waals surface area contributed by atoms with Gasteiger partial charge in [-0.3, -0.25) is 38.4 Å². The minimum absolute atomic E-state index is 0.0326. The fourth-order valence-electron chi connectivity index (χ4n) is 4.22. The van der Waals surface area contributed by atoms with Crippen molar-refractivity contribution in [2.24, 2.45) is 0 Å². The second kappa shape index (κ2) is 41.7. The number of rotatable bonds is 24. The van der Waals surface area contributed by atoms with Crippen molar-refractivity contribution in [1.82, 2.24) is 26.6 Å². The molecule has 0 saturated heterocycles. The van der Waals surface area contributed by atoms with Crippen LogP contribution in [0.25, 0.3) is 0 Å². The first-order valence-corrected chi connectivity index (χ1v) is 18.7. The summed E-state index contributed by atoms with van der Waals surface area (Å²) in [6.45, 7) is 7.42. The van der Waals surface area contributed by atoms with Gasteiger partial charge >= 0.3 is 29.8 Å². The van der Waals surface area contributed by atoms with Gasteiger partial charge in [0, 0.05) is 37.8 Å². The fourth-order valence-corrected chi connectivity index (χ4v) is 4.22. The van der Waals surface area contributed by atoms with Crippen LogP contribution in [0.5, 0.6) is 0 Å². The standard InChI is InChI=1S/C9H17NO3.2C8H15NO3.2C7H13NO3/c1-7(11)4-5-8(10-2)6-9(12)13-3;1-6(10)4-7(9-2)5-8(11)12-3;1-6(10)4-5-7(9-2)8(11)12-3;1-5(9)6(8-2)4-7(10)11-3;1-5(9)4-6(8-2)7(10)11-3/h8,10H,4-6H2,1-3H3;2*7,9H,4-5H2,1-3H3;2*6,8H,4H2,1-3H3. The zero-order valence-corrected chi connectivity index (χ0v) is 37.9. The van der Waals surface area contributed by atoms with Gasteiger partial charge in [-0.25, -0.2) is 0 Å². The number of methoxy groups -OCH3 is 5. The number of nitrogens with one attached hydrogen (secondary N) is 5. The number of Topliss-reactive ketones (excluding diaryl/α,β-unsaturated/α-hetero) is 5. The van der Waals surface area contributed by atoms with Gasteiger partial charge in [0.25, 0.3) is 0 Å². The molecule has 0 rings (SSSR count). The average molecular weight is 852 g/mol. The molecule has 0 saturated carbocycles. The van der Waals surface area contributed by atoms with Crippen molar-refractivity contribution < 1.29 is 71.6 Å². The van der Waals surface area contributed by atoms with Crippen molar-refractivity contribution >= 4 is 58.8 Å². The van der Waals surface area contributed by atoms with Gasteiger partial charge in [0.1, 0.15) is 41.0 Å². The lowest BCUT2D eigenvalue weighted by atomic mass is 10.1. The molecule has 0 radical (unpaired) electrons. The summed E-state index contributed by atoms with van der Waals surface area (Å²) in [6.07, 6.45) is 3.30. The maximum absolute atomic E-state index is 11.0. The second-order valence-electron chi connectivity index (χ2n) is 12.8. The van der Waals surface area contributed by atoms with Crippen LogP contribution in [0.15, 0.2) is 0 Å². The zero-order chi connectivity index (χ0) is 47.1. The van der Waals surface area contributed by atoms with Crippen LogP contribution in [0.4, 0.5) is 0 Å².